The normalized spacial score (nSPS) is 19.1. The van der Waals surface area contributed by atoms with Gasteiger partial charge in [0.2, 0.25) is 19.6 Å². The smallest absolute Gasteiger partial charge is 0.243 e. The second-order valence-electron chi connectivity index (χ2n) is 9.01. The average molecular weight is 409 g/mol. The van der Waals surface area contributed by atoms with Crippen LogP contribution in [0.3, 0.4) is 0 Å². The average Bonchev–Trinajstić information content (AvgIpc) is 3.35. The number of nitrogens with one attached hydrogen (secondary N) is 1. The van der Waals surface area contributed by atoms with Crippen molar-refractivity contribution < 1.29 is 9.59 Å². The molecule has 2 aliphatic rings. The highest BCUT2D eigenvalue weighted by molar-refractivity contribution is 6.85. The van der Waals surface area contributed by atoms with Crippen molar-refractivity contribution in [3.63, 3.8) is 0 Å². The van der Waals surface area contributed by atoms with E-state index in [2.05, 4.69) is 31.1 Å². The largest absolute Gasteiger partial charge is 0.350 e. The maximum absolute atomic E-state index is 12.2. The molecule has 6 nitrogen and oxygen atoms in total. The van der Waals surface area contributed by atoms with Crippen LogP contribution in [0.2, 0.25) is 0 Å². The van der Waals surface area contributed by atoms with Crippen molar-refractivity contribution in [1.82, 2.24) is 10.2 Å². The van der Waals surface area contributed by atoms with Crippen LogP contribution in [0.1, 0.15) is 58.6 Å². The second-order valence-corrected chi connectivity index (χ2v) is 9.01. The van der Waals surface area contributed by atoms with Crippen LogP contribution in [0.5, 0.6) is 0 Å². The van der Waals surface area contributed by atoms with Crippen molar-refractivity contribution in [2.45, 2.75) is 66.1 Å². The molecule has 1 saturated heterocycles. The second kappa shape index (κ2) is 10.6. The topological polar surface area (TPSA) is 87.8 Å². The van der Waals surface area contributed by atoms with Crippen LogP contribution < -0.4 is 11.1 Å². The van der Waals surface area contributed by atoms with Gasteiger partial charge in [-0.05, 0) is 49.3 Å². The van der Waals surface area contributed by atoms with Gasteiger partial charge in [-0.1, -0.05) is 50.5 Å². The van der Waals surface area contributed by atoms with Gasteiger partial charge in [0.25, 0.3) is 0 Å². The Bertz CT molecular complexity index is 794. The highest BCUT2D eigenvalue weighted by Crippen LogP contribution is 2.22. The molecular weight excluding hydrogens is 375 g/mol. The third-order valence-electron chi connectivity index (χ3n) is 5.73. The van der Waals surface area contributed by atoms with Gasteiger partial charge in [-0.2, -0.15) is 0 Å². The van der Waals surface area contributed by atoms with Gasteiger partial charge in [-0.25, -0.2) is 0 Å². The van der Waals surface area contributed by atoms with Crippen molar-refractivity contribution >= 4 is 31.2 Å². The first-order chi connectivity index (χ1) is 14.1. The summed E-state index contributed by atoms with van der Waals surface area (Å²) in [5, 5.41) is 2.92. The monoisotopic (exact) mass is 409 g/mol. The van der Waals surface area contributed by atoms with Crippen LogP contribution >= 0.6 is 0 Å². The highest BCUT2D eigenvalue weighted by atomic mass is 16.2. The molecule has 0 aliphatic carbocycles. The van der Waals surface area contributed by atoms with E-state index in [1.54, 1.807) is 11.0 Å². The fourth-order valence-electron chi connectivity index (χ4n) is 3.02. The molecule has 2 aliphatic heterocycles. The van der Waals surface area contributed by atoms with Crippen molar-refractivity contribution in [1.29, 1.82) is 0 Å². The number of aliphatic imine (C=N–C) groups is 1. The zero-order valence-corrected chi connectivity index (χ0v) is 18.8. The molecule has 2 heterocycles. The first kappa shape index (κ1) is 23.9. The number of carbonyl (C=O) groups is 2. The van der Waals surface area contributed by atoms with Crippen LogP contribution in [-0.4, -0.2) is 49.2 Å². The van der Waals surface area contributed by atoms with Crippen LogP contribution in [-0.2, 0) is 16.1 Å². The third-order valence-corrected chi connectivity index (χ3v) is 5.73. The van der Waals surface area contributed by atoms with E-state index in [9.17, 15) is 9.59 Å². The maximum Gasteiger partial charge on any atom is 0.243 e. The Kier molecular flexibility index (Phi) is 8.41. The number of amides is 2. The number of nitrogens with two attached hydrogens (primary N) is 1. The SMILES string of the molecule is CC(N)C(C)(C)C.CC1=C(c2ccc(CNC(=O)C3CCCN3C=O)cc2)[B]C=N1. The Morgan fingerprint density at radius 3 is 2.50 bits per heavy atom. The molecule has 3 N–H and O–H groups in total. The van der Waals surface area contributed by atoms with Crippen LogP contribution in [0, 0.1) is 5.41 Å². The lowest BCUT2D eigenvalue weighted by Gasteiger charge is -2.22. The van der Waals surface area contributed by atoms with Crippen molar-refractivity contribution in [2.75, 3.05) is 6.54 Å². The van der Waals surface area contributed by atoms with E-state index < -0.39 is 0 Å². The van der Waals surface area contributed by atoms with Crippen molar-refractivity contribution in [3.8, 4) is 0 Å². The predicted octanol–water partition coefficient (Wildman–Crippen LogP) is 2.74. The lowest BCUT2D eigenvalue weighted by molar-refractivity contribution is -0.131. The standard InChI is InChI=1S/C17H19BN3O2.C6H15N/c1-12-16(18-10-20-12)14-6-4-13(5-7-14)9-19-17(23)15-3-2-8-21(15)11-22;1-5(7)6(2,3)4/h4-7,10-11,15H,2-3,8-9H2,1H3,(H,19,23);5H,7H2,1-4H3. The molecule has 3 rings (SSSR count). The summed E-state index contributed by atoms with van der Waals surface area (Å²) in [6, 6.07) is 8.08. The van der Waals surface area contributed by atoms with Gasteiger partial charge < -0.3 is 16.0 Å². The molecule has 2 amide bonds. The summed E-state index contributed by atoms with van der Waals surface area (Å²) >= 11 is 0. The van der Waals surface area contributed by atoms with Gasteiger partial charge in [-0.3, -0.25) is 14.6 Å². The summed E-state index contributed by atoms with van der Waals surface area (Å²) in [5.74, 6) is -0.0743. The van der Waals surface area contributed by atoms with E-state index >= 15 is 0 Å². The van der Waals surface area contributed by atoms with E-state index in [1.165, 1.54) is 0 Å². The summed E-state index contributed by atoms with van der Waals surface area (Å²) in [6.45, 7) is 11.6. The van der Waals surface area contributed by atoms with Gasteiger partial charge in [0, 0.05) is 24.8 Å². The maximum atomic E-state index is 12.2. The molecule has 0 spiro atoms. The third kappa shape index (κ3) is 6.56. The molecule has 2 atom stereocenters. The Hall–Kier alpha value is -2.41. The zero-order chi connectivity index (χ0) is 22.3. The molecule has 1 aromatic carbocycles. The molecule has 0 aromatic heterocycles. The Morgan fingerprint density at radius 1 is 1.37 bits per heavy atom. The Morgan fingerprint density at radius 2 is 2.00 bits per heavy atom. The molecule has 30 heavy (non-hydrogen) atoms. The van der Waals surface area contributed by atoms with Gasteiger partial charge in [0.1, 0.15) is 6.04 Å². The van der Waals surface area contributed by atoms with Crippen LogP contribution in [0.4, 0.5) is 0 Å². The lowest BCUT2D eigenvalue weighted by atomic mass is 9.69. The minimum atomic E-state index is -0.315. The first-order valence-electron chi connectivity index (χ1n) is 10.6. The van der Waals surface area contributed by atoms with Gasteiger partial charge in [0.15, 0.2) is 0 Å². The highest BCUT2D eigenvalue weighted by Gasteiger charge is 2.29. The molecule has 0 saturated carbocycles. The van der Waals surface area contributed by atoms with E-state index in [1.807, 2.05) is 45.4 Å². The van der Waals surface area contributed by atoms with Crippen molar-refractivity contribution in [3.05, 3.63) is 41.1 Å². The molecule has 1 radical (unpaired) electrons. The number of rotatable bonds is 5. The zero-order valence-electron chi connectivity index (χ0n) is 18.8. The Balaban J connectivity index is 0.000000396. The number of carbonyl (C=O) groups excluding carboxylic acids is 2. The Labute approximate surface area is 181 Å². The fraction of sp³-hybridized carbons (Fsp3) is 0.522. The number of allylic oxidation sites excluding steroid dienone is 1. The quantitative estimate of drug-likeness (QED) is 0.579. The van der Waals surface area contributed by atoms with E-state index in [0.29, 0.717) is 19.1 Å². The summed E-state index contributed by atoms with van der Waals surface area (Å²) in [4.78, 5) is 28.9. The van der Waals surface area contributed by atoms with Crippen LogP contribution in [0.15, 0.2) is 35.0 Å². The summed E-state index contributed by atoms with van der Waals surface area (Å²) in [6.07, 6.45) is 4.20. The van der Waals surface area contributed by atoms with Crippen molar-refractivity contribution in [2.24, 2.45) is 16.1 Å². The van der Waals surface area contributed by atoms with Gasteiger partial charge in [-0.15, -0.1) is 0 Å². The summed E-state index contributed by atoms with van der Waals surface area (Å²) in [5.41, 5.74) is 10.2. The number of benzene rings is 1. The minimum Gasteiger partial charge on any atom is -0.350 e. The molecule has 1 fully saturated rings. The van der Waals surface area contributed by atoms with Crippen LogP contribution in [0.25, 0.3) is 5.47 Å². The first-order valence-corrected chi connectivity index (χ1v) is 10.6. The minimum absolute atomic E-state index is 0.0743. The predicted molar refractivity (Wildman–Crippen MR) is 124 cm³/mol. The molecule has 1 aromatic rings. The lowest BCUT2D eigenvalue weighted by Crippen LogP contribution is -2.42. The van der Waals surface area contributed by atoms with E-state index in [4.69, 9.17) is 5.73 Å². The molecular formula is C23H34BN4O2. The number of likely N-dealkylation sites (tertiary alicyclic amines) is 1. The molecule has 0 bridgehead atoms. The molecule has 2 unspecified atom stereocenters. The fourth-order valence-corrected chi connectivity index (χ4v) is 3.02. The molecule has 161 valence electrons. The summed E-state index contributed by atoms with van der Waals surface area (Å²) in [7, 11) is 2.00. The number of nitrogens with zero attached hydrogens (tertiary/aromatic N) is 2. The van der Waals surface area contributed by atoms with Gasteiger partial charge in [0.05, 0.1) is 0 Å². The van der Waals surface area contributed by atoms with Gasteiger partial charge >= 0.3 is 0 Å². The van der Waals surface area contributed by atoms with E-state index in [-0.39, 0.29) is 17.4 Å². The summed E-state index contributed by atoms with van der Waals surface area (Å²) < 4.78 is 0. The van der Waals surface area contributed by atoms with E-state index in [0.717, 1.165) is 41.5 Å². The number of hydrogen-bond donors (Lipinski definition) is 2. The molecule has 7 heteroatoms. The number of hydrogen-bond acceptors (Lipinski definition) is 4.